The van der Waals surface area contributed by atoms with Crippen LogP contribution in [0.1, 0.15) is 39.5 Å². The number of hydrogen-bond donors (Lipinski definition) is 1. The second-order valence-corrected chi connectivity index (χ2v) is 4.15. The molecule has 0 bridgehead atoms. The maximum atomic E-state index is 10.7. The molecule has 0 saturated heterocycles. The molecular formula is C10H18O2. The number of carbonyl (C=O) groups is 1. The molecule has 0 spiro atoms. The van der Waals surface area contributed by atoms with E-state index in [1.807, 2.05) is 6.92 Å². The SMILES string of the molecule is CC1CCC(C(C)C(=O)O)CC1. The van der Waals surface area contributed by atoms with Gasteiger partial charge in [0.25, 0.3) is 0 Å². The Balaban J connectivity index is 2.39. The second kappa shape index (κ2) is 3.92. The molecule has 12 heavy (non-hydrogen) atoms. The molecule has 0 amide bonds. The van der Waals surface area contributed by atoms with Crippen LogP contribution in [0.15, 0.2) is 0 Å². The van der Waals surface area contributed by atoms with E-state index in [1.165, 1.54) is 12.8 Å². The third-order valence-corrected chi connectivity index (χ3v) is 3.16. The minimum Gasteiger partial charge on any atom is -0.481 e. The van der Waals surface area contributed by atoms with Crippen LogP contribution in [0.2, 0.25) is 0 Å². The fourth-order valence-electron chi connectivity index (χ4n) is 1.99. The first-order chi connectivity index (χ1) is 5.61. The fourth-order valence-corrected chi connectivity index (χ4v) is 1.99. The lowest BCUT2D eigenvalue weighted by atomic mass is 9.77. The van der Waals surface area contributed by atoms with Crippen LogP contribution in [-0.4, -0.2) is 11.1 Å². The Hall–Kier alpha value is -0.530. The van der Waals surface area contributed by atoms with Gasteiger partial charge in [-0.25, -0.2) is 0 Å². The summed E-state index contributed by atoms with van der Waals surface area (Å²) in [5.41, 5.74) is 0. The van der Waals surface area contributed by atoms with Gasteiger partial charge in [-0.05, 0) is 24.7 Å². The highest BCUT2D eigenvalue weighted by Gasteiger charge is 2.26. The summed E-state index contributed by atoms with van der Waals surface area (Å²) in [6.45, 7) is 4.09. The normalized spacial score (nSPS) is 32.8. The van der Waals surface area contributed by atoms with Crippen LogP contribution in [0.3, 0.4) is 0 Å². The number of carboxylic acid groups (broad SMARTS) is 1. The van der Waals surface area contributed by atoms with Crippen molar-refractivity contribution in [1.29, 1.82) is 0 Å². The minimum atomic E-state index is -0.630. The van der Waals surface area contributed by atoms with Gasteiger partial charge in [-0.2, -0.15) is 0 Å². The van der Waals surface area contributed by atoms with Gasteiger partial charge in [0.2, 0.25) is 0 Å². The molecule has 0 aromatic rings. The second-order valence-electron chi connectivity index (χ2n) is 4.15. The van der Waals surface area contributed by atoms with E-state index in [9.17, 15) is 4.79 Å². The Labute approximate surface area is 74.0 Å². The average Bonchev–Trinajstić information content (AvgIpc) is 2.04. The van der Waals surface area contributed by atoms with E-state index in [0.29, 0.717) is 5.92 Å². The first-order valence-electron chi connectivity index (χ1n) is 4.84. The van der Waals surface area contributed by atoms with Crippen LogP contribution in [-0.2, 0) is 4.79 Å². The maximum Gasteiger partial charge on any atom is 0.306 e. The van der Waals surface area contributed by atoms with Gasteiger partial charge >= 0.3 is 5.97 Å². The predicted molar refractivity (Wildman–Crippen MR) is 47.9 cm³/mol. The van der Waals surface area contributed by atoms with Crippen LogP contribution in [0.5, 0.6) is 0 Å². The molecule has 1 unspecified atom stereocenters. The zero-order valence-corrected chi connectivity index (χ0v) is 7.92. The number of rotatable bonds is 2. The topological polar surface area (TPSA) is 37.3 Å². The molecular weight excluding hydrogens is 152 g/mol. The van der Waals surface area contributed by atoms with Crippen molar-refractivity contribution in [1.82, 2.24) is 0 Å². The molecule has 1 aliphatic carbocycles. The first kappa shape index (κ1) is 9.56. The van der Waals surface area contributed by atoms with Crippen LogP contribution >= 0.6 is 0 Å². The lowest BCUT2D eigenvalue weighted by Crippen LogP contribution is -2.24. The van der Waals surface area contributed by atoms with E-state index in [4.69, 9.17) is 5.11 Å². The van der Waals surface area contributed by atoms with Crippen molar-refractivity contribution >= 4 is 5.97 Å². The van der Waals surface area contributed by atoms with Crippen molar-refractivity contribution in [2.75, 3.05) is 0 Å². The molecule has 1 rings (SSSR count). The molecule has 0 aliphatic heterocycles. The molecule has 0 aromatic carbocycles. The molecule has 0 heterocycles. The molecule has 0 aromatic heterocycles. The van der Waals surface area contributed by atoms with Crippen molar-refractivity contribution in [3.05, 3.63) is 0 Å². The molecule has 2 nitrogen and oxygen atoms in total. The van der Waals surface area contributed by atoms with E-state index >= 15 is 0 Å². The summed E-state index contributed by atoms with van der Waals surface area (Å²) in [6.07, 6.45) is 4.63. The van der Waals surface area contributed by atoms with Crippen LogP contribution in [0.25, 0.3) is 0 Å². The molecule has 70 valence electrons. The summed E-state index contributed by atoms with van der Waals surface area (Å²) in [5, 5.41) is 8.80. The quantitative estimate of drug-likeness (QED) is 0.691. The standard InChI is InChI=1S/C10H18O2/c1-7-3-5-9(6-4-7)8(2)10(11)12/h7-9H,3-6H2,1-2H3,(H,11,12). The van der Waals surface area contributed by atoms with Gasteiger partial charge in [-0.3, -0.25) is 4.79 Å². The molecule has 2 heteroatoms. The highest BCUT2D eigenvalue weighted by Crippen LogP contribution is 2.32. The Bertz CT molecular complexity index is 157. The predicted octanol–water partition coefficient (Wildman–Crippen LogP) is 2.53. The Morgan fingerprint density at radius 2 is 1.83 bits per heavy atom. The third kappa shape index (κ3) is 2.23. The Morgan fingerprint density at radius 3 is 2.25 bits per heavy atom. The van der Waals surface area contributed by atoms with Crippen molar-refractivity contribution in [2.45, 2.75) is 39.5 Å². The van der Waals surface area contributed by atoms with E-state index in [2.05, 4.69) is 6.92 Å². The van der Waals surface area contributed by atoms with Gasteiger partial charge < -0.3 is 5.11 Å². The van der Waals surface area contributed by atoms with Crippen LogP contribution in [0, 0.1) is 17.8 Å². The molecule has 1 aliphatic rings. The smallest absolute Gasteiger partial charge is 0.306 e. The van der Waals surface area contributed by atoms with Gasteiger partial charge in [-0.15, -0.1) is 0 Å². The van der Waals surface area contributed by atoms with Gasteiger partial charge in [0.15, 0.2) is 0 Å². The highest BCUT2D eigenvalue weighted by molar-refractivity contribution is 5.69. The van der Waals surface area contributed by atoms with Crippen molar-refractivity contribution < 1.29 is 9.90 Å². The molecule has 1 atom stereocenters. The van der Waals surface area contributed by atoms with E-state index in [1.54, 1.807) is 0 Å². The number of aliphatic carboxylic acids is 1. The fraction of sp³-hybridized carbons (Fsp3) is 0.900. The molecule has 0 radical (unpaired) electrons. The monoisotopic (exact) mass is 170 g/mol. The lowest BCUT2D eigenvalue weighted by molar-refractivity contribution is -0.143. The largest absolute Gasteiger partial charge is 0.481 e. The van der Waals surface area contributed by atoms with Gasteiger partial charge in [-0.1, -0.05) is 26.7 Å². The third-order valence-electron chi connectivity index (χ3n) is 3.16. The summed E-state index contributed by atoms with van der Waals surface area (Å²) in [5.74, 6) is 0.466. The number of hydrogen-bond acceptors (Lipinski definition) is 1. The summed E-state index contributed by atoms with van der Waals surface area (Å²) < 4.78 is 0. The molecule has 1 saturated carbocycles. The average molecular weight is 170 g/mol. The minimum absolute atomic E-state index is 0.141. The summed E-state index contributed by atoms with van der Waals surface area (Å²) in [6, 6.07) is 0. The van der Waals surface area contributed by atoms with Crippen LogP contribution < -0.4 is 0 Å². The first-order valence-corrected chi connectivity index (χ1v) is 4.84. The summed E-state index contributed by atoms with van der Waals surface area (Å²) in [4.78, 5) is 10.7. The Morgan fingerprint density at radius 1 is 1.33 bits per heavy atom. The highest BCUT2D eigenvalue weighted by atomic mass is 16.4. The zero-order valence-electron chi connectivity index (χ0n) is 7.92. The molecule has 1 N–H and O–H groups in total. The molecule has 1 fully saturated rings. The van der Waals surface area contributed by atoms with Crippen molar-refractivity contribution in [3.63, 3.8) is 0 Å². The van der Waals surface area contributed by atoms with E-state index in [0.717, 1.165) is 18.8 Å². The van der Waals surface area contributed by atoms with Gasteiger partial charge in [0.1, 0.15) is 0 Å². The Kier molecular flexibility index (Phi) is 3.12. The maximum absolute atomic E-state index is 10.7. The van der Waals surface area contributed by atoms with Gasteiger partial charge in [0.05, 0.1) is 5.92 Å². The van der Waals surface area contributed by atoms with Crippen molar-refractivity contribution in [2.24, 2.45) is 17.8 Å². The zero-order chi connectivity index (χ0) is 9.14. The van der Waals surface area contributed by atoms with Crippen LogP contribution in [0.4, 0.5) is 0 Å². The van der Waals surface area contributed by atoms with Crippen molar-refractivity contribution in [3.8, 4) is 0 Å². The van der Waals surface area contributed by atoms with E-state index < -0.39 is 5.97 Å². The summed E-state index contributed by atoms with van der Waals surface area (Å²) in [7, 11) is 0. The summed E-state index contributed by atoms with van der Waals surface area (Å²) >= 11 is 0. The van der Waals surface area contributed by atoms with Gasteiger partial charge in [0, 0.05) is 0 Å². The number of carboxylic acids is 1. The van der Waals surface area contributed by atoms with E-state index in [-0.39, 0.29) is 5.92 Å². The lowest BCUT2D eigenvalue weighted by Gasteiger charge is -2.28.